The van der Waals surface area contributed by atoms with Gasteiger partial charge in [-0.25, -0.2) is 4.98 Å². The van der Waals surface area contributed by atoms with Gasteiger partial charge in [0, 0.05) is 25.2 Å². The molecule has 0 saturated carbocycles. The number of benzene rings is 1. The molecule has 1 amide bonds. The van der Waals surface area contributed by atoms with Crippen molar-refractivity contribution in [3.05, 3.63) is 63.3 Å². The van der Waals surface area contributed by atoms with E-state index in [1.807, 2.05) is 24.3 Å². The maximum Gasteiger partial charge on any atom is 0.266 e. The molecule has 7 heteroatoms. The van der Waals surface area contributed by atoms with Crippen molar-refractivity contribution in [3.63, 3.8) is 0 Å². The molecular formula is C18H17ClN4O2. The molecule has 128 valence electrons. The third kappa shape index (κ3) is 3.05. The van der Waals surface area contributed by atoms with E-state index >= 15 is 0 Å². The lowest BCUT2D eigenvalue weighted by molar-refractivity contribution is 0.0704. The van der Waals surface area contributed by atoms with Crippen LogP contribution in [0, 0.1) is 0 Å². The molecule has 2 aromatic heterocycles. The maximum atomic E-state index is 12.7. The first-order valence-electron chi connectivity index (χ1n) is 8.24. The lowest BCUT2D eigenvalue weighted by Crippen LogP contribution is -2.39. The van der Waals surface area contributed by atoms with Crippen LogP contribution in [0.3, 0.4) is 0 Å². The number of H-pyrrole nitrogens is 2. The number of amides is 1. The molecule has 1 atom stereocenters. The molecule has 3 heterocycles. The number of carbonyl (C=O) groups excluding carboxylic acids is 1. The van der Waals surface area contributed by atoms with Gasteiger partial charge in [0.15, 0.2) is 0 Å². The summed E-state index contributed by atoms with van der Waals surface area (Å²) in [5.74, 6) is 0.959. The second-order valence-electron chi connectivity index (χ2n) is 6.29. The van der Waals surface area contributed by atoms with E-state index in [9.17, 15) is 9.59 Å². The smallest absolute Gasteiger partial charge is 0.266 e. The van der Waals surface area contributed by atoms with Crippen LogP contribution in [0.15, 0.2) is 41.3 Å². The first-order chi connectivity index (χ1) is 12.1. The summed E-state index contributed by atoms with van der Waals surface area (Å²) in [5, 5.41) is 0.0247. The number of para-hydroxylation sites is 2. The van der Waals surface area contributed by atoms with Crippen molar-refractivity contribution < 1.29 is 4.79 Å². The van der Waals surface area contributed by atoms with Crippen molar-refractivity contribution in [2.24, 2.45) is 0 Å². The van der Waals surface area contributed by atoms with E-state index in [0.29, 0.717) is 18.7 Å². The average Bonchev–Trinajstić information content (AvgIpc) is 3.08. The van der Waals surface area contributed by atoms with Crippen molar-refractivity contribution in [3.8, 4) is 0 Å². The van der Waals surface area contributed by atoms with Crippen LogP contribution >= 0.6 is 11.6 Å². The van der Waals surface area contributed by atoms with Gasteiger partial charge in [-0.1, -0.05) is 23.7 Å². The van der Waals surface area contributed by atoms with E-state index < -0.39 is 5.56 Å². The monoisotopic (exact) mass is 356 g/mol. The highest BCUT2D eigenvalue weighted by Crippen LogP contribution is 2.27. The Hall–Kier alpha value is -2.60. The Balaban J connectivity index is 1.56. The molecule has 1 saturated heterocycles. The number of hydrogen-bond donors (Lipinski definition) is 2. The highest BCUT2D eigenvalue weighted by atomic mass is 35.5. The first-order valence-corrected chi connectivity index (χ1v) is 8.62. The molecule has 4 rings (SSSR count). The van der Waals surface area contributed by atoms with Crippen molar-refractivity contribution in [1.29, 1.82) is 0 Å². The molecule has 25 heavy (non-hydrogen) atoms. The number of fused-ring (bicyclic) bond motifs is 1. The lowest BCUT2D eigenvalue weighted by Gasteiger charge is -2.31. The van der Waals surface area contributed by atoms with Gasteiger partial charge in [0.1, 0.15) is 10.8 Å². The largest absolute Gasteiger partial charge is 0.342 e. The van der Waals surface area contributed by atoms with Gasteiger partial charge in [-0.05, 0) is 31.0 Å². The van der Waals surface area contributed by atoms with Crippen LogP contribution in [0.4, 0.5) is 0 Å². The summed E-state index contributed by atoms with van der Waals surface area (Å²) in [6.45, 7) is 1.28. The van der Waals surface area contributed by atoms with Gasteiger partial charge < -0.3 is 14.9 Å². The van der Waals surface area contributed by atoms with Crippen LogP contribution in [-0.4, -0.2) is 38.8 Å². The lowest BCUT2D eigenvalue weighted by atomic mass is 9.97. The standard InChI is InChI=1S/C18H17ClN4O2/c19-13-8-12(9-20-17(13)24)18(25)23-7-3-4-11(10-23)16-21-14-5-1-2-6-15(14)22-16/h1-2,5-6,8-9,11H,3-4,7,10H2,(H,20,24)(H,21,22). The molecule has 1 aliphatic rings. The number of aromatic nitrogens is 3. The Labute approximate surface area is 148 Å². The predicted octanol–water partition coefficient (Wildman–Crippen LogP) is 2.92. The molecule has 2 N–H and O–H groups in total. The minimum absolute atomic E-state index is 0.0247. The summed E-state index contributed by atoms with van der Waals surface area (Å²) in [6.07, 6.45) is 3.31. The van der Waals surface area contributed by atoms with Gasteiger partial charge >= 0.3 is 0 Å². The van der Waals surface area contributed by atoms with E-state index in [1.165, 1.54) is 12.3 Å². The number of likely N-dealkylation sites (tertiary alicyclic amines) is 1. The van der Waals surface area contributed by atoms with Crippen LogP contribution in [0.5, 0.6) is 0 Å². The number of piperidine rings is 1. The number of pyridine rings is 1. The number of nitrogens with zero attached hydrogens (tertiary/aromatic N) is 2. The van der Waals surface area contributed by atoms with Crippen molar-refractivity contribution >= 4 is 28.5 Å². The van der Waals surface area contributed by atoms with Crippen molar-refractivity contribution in [2.45, 2.75) is 18.8 Å². The molecular weight excluding hydrogens is 340 g/mol. The number of rotatable bonds is 2. The third-order valence-electron chi connectivity index (χ3n) is 4.61. The zero-order valence-electron chi connectivity index (χ0n) is 13.5. The van der Waals surface area contributed by atoms with Gasteiger partial charge in [0.25, 0.3) is 11.5 Å². The second kappa shape index (κ2) is 6.37. The van der Waals surface area contributed by atoms with Crippen LogP contribution in [-0.2, 0) is 0 Å². The van der Waals surface area contributed by atoms with E-state index in [4.69, 9.17) is 11.6 Å². The number of halogens is 1. The number of imidazole rings is 1. The fraction of sp³-hybridized carbons (Fsp3) is 0.278. The SMILES string of the molecule is O=C(c1c[nH]c(=O)c(Cl)c1)N1CCCC(c2nc3ccccc3[nH]2)C1. The number of aromatic amines is 2. The molecule has 0 aliphatic carbocycles. The average molecular weight is 357 g/mol. The third-order valence-corrected chi connectivity index (χ3v) is 4.89. The Kier molecular flexibility index (Phi) is 4.05. The first kappa shape index (κ1) is 15.9. The Morgan fingerprint density at radius 2 is 2.16 bits per heavy atom. The summed E-state index contributed by atoms with van der Waals surface area (Å²) < 4.78 is 0. The van der Waals surface area contributed by atoms with Gasteiger partial charge in [-0.3, -0.25) is 9.59 Å². The number of hydrogen-bond acceptors (Lipinski definition) is 3. The highest BCUT2D eigenvalue weighted by molar-refractivity contribution is 6.30. The molecule has 0 spiro atoms. The van der Waals surface area contributed by atoms with Gasteiger partial charge in [-0.2, -0.15) is 0 Å². The zero-order valence-corrected chi connectivity index (χ0v) is 14.2. The molecule has 1 unspecified atom stereocenters. The molecule has 0 bridgehead atoms. The minimum Gasteiger partial charge on any atom is -0.342 e. The van der Waals surface area contributed by atoms with Crippen LogP contribution in [0.2, 0.25) is 5.02 Å². The molecule has 0 radical (unpaired) electrons. The van der Waals surface area contributed by atoms with Gasteiger partial charge in [0.05, 0.1) is 16.6 Å². The quantitative estimate of drug-likeness (QED) is 0.740. The number of carbonyl (C=O) groups is 1. The molecule has 1 fully saturated rings. The Bertz CT molecular complexity index is 961. The topological polar surface area (TPSA) is 81.8 Å². The van der Waals surface area contributed by atoms with E-state index in [-0.39, 0.29) is 16.8 Å². The molecule has 6 nitrogen and oxygen atoms in total. The summed E-state index contributed by atoms with van der Waals surface area (Å²) >= 11 is 5.84. The molecule has 1 aliphatic heterocycles. The van der Waals surface area contributed by atoms with Crippen LogP contribution in [0.25, 0.3) is 11.0 Å². The van der Waals surface area contributed by atoms with E-state index in [1.54, 1.807) is 4.90 Å². The van der Waals surface area contributed by atoms with Crippen molar-refractivity contribution in [2.75, 3.05) is 13.1 Å². The molecule has 1 aromatic carbocycles. The normalized spacial score (nSPS) is 17.8. The zero-order chi connectivity index (χ0) is 17.4. The molecule has 3 aromatic rings. The predicted molar refractivity (Wildman–Crippen MR) is 96.0 cm³/mol. The summed E-state index contributed by atoms with van der Waals surface area (Å²) in [6, 6.07) is 9.33. The number of nitrogens with one attached hydrogen (secondary N) is 2. The van der Waals surface area contributed by atoms with Crippen LogP contribution < -0.4 is 5.56 Å². The summed E-state index contributed by atoms with van der Waals surface area (Å²) in [7, 11) is 0. The van der Waals surface area contributed by atoms with E-state index in [0.717, 1.165) is 29.7 Å². The Morgan fingerprint density at radius 1 is 1.32 bits per heavy atom. The van der Waals surface area contributed by atoms with Gasteiger partial charge in [-0.15, -0.1) is 0 Å². The second-order valence-corrected chi connectivity index (χ2v) is 6.70. The summed E-state index contributed by atoms with van der Waals surface area (Å²) in [5.41, 5.74) is 1.95. The van der Waals surface area contributed by atoms with Gasteiger partial charge in [0.2, 0.25) is 0 Å². The fourth-order valence-corrected chi connectivity index (χ4v) is 3.48. The fourth-order valence-electron chi connectivity index (χ4n) is 3.31. The van der Waals surface area contributed by atoms with Crippen molar-refractivity contribution in [1.82, 2.24) is 19.9 Å². The minimum atomic E-state index is -0.392. The van der Waals surface area contributed by atoms with E-state index in [2.05, 4.69) is 15.0 Å². The maximum absolute atomic E-state index is 12.7. The summed E-state index contributed by atoms with van der Waals surface area (Å²) in [4.78, 5) is 36.4. The highest BCUT2D eigenvalue weighted by Gasteiger charge is 2.27. The Morgan fingerprint density at radius 3 is 2.96 bits per heavy atom. The van der Waals surface area contributed by atoms with Crippen LogP contribution in [0.1, 0.15) is 34.9 Å².